The molecule has 0 bridgehead atoms. The summed E-state index contributed by atoms with van der Waals surface area (Å²) in [4.78, 5) is 3.71. The van der Waals surface area contributed by atoms with Gasteiger partial charge < -0.3 is 4.18 Å². The van der Waals surface area contributed by atoms with Gasteiger partial charge in [-0.05, 0) is 43.5 Å². The first-order valence-electron chi connectivity index (χ1n) is 5.46. The van der Waals surface area contributed by atoms with E-state index in [-0.39, 0.29) is 11.4 Å². The van der Waals surface area contributed by atoms with Crippen LogP contribution in [0.25, 0.3) is 0 Å². The van der Waals surface area contributed by atoms with Gasteiger partial charge in [-0.2, -0.15) is 13.2 Å². The Morgan fingerprint density at radius 2 is 1.90 bits per heavy atom. The molecule has 112 valence electrons. The lowest BCUT2D eigenvalue weighted by Gasteiger charge is -2.25. The molecule has 0 amide bonds. The first-order chi connectivity index (χ1) is 8.99. The minimum Gasteiger partial charge on any atom is -0.430 e. The molecule has 0 saturated carbocycles. The highest BCUT2D eigenvalue weighted by Crippen LogP contribution is 2.38. The maximum Gasteiger partial charge on any atom is 0.417 e. The summed E-state index contributed by atoms with van der Waals surface area (Å²) in [5, 5.41) is 0. The molecule has 0 radical (unpaired) electrons. The fraction of sp³-hybridized carbons (Fsp3) is 0.308. The Labute approximate surface area is 116 Å². The van der Waals surface area contributed by atoms with E-state index in [1.807, 2.05) is 18.8 Å². The Morgan fingerprint density at radius 1 is 1.30 bits per heavy atom. The van der Waals surface area contributed by atoms with Gasteiger partial charge in [0.15, 0.2) is 0 Å². The van der Waals surface area contributed by atoms with Crippen LogP contribution in [-0.4, -0.2) is 25.0 Å². The minimum atomic E-state index is -4.58. The standard InChI is InChI=1S/C13H15F4NOS/c1-9(19-20(2,3)4)18-8-10-7-11(14)5-6-12(10)13(15,16)17/h5-8H,1H2,2-4H3/b18-8+. The fourth-order valence-electron chi connectivity index (χ4n) is 1.35. The molecule has 20 heavy (non-hydrogen) atoms. The molecule has 0 aromatic heterocycles. The SMILES string of the molecule is C=C(/N=C/c1cc(F)ccc1C(F)(F)F)OS(C)(C)C. The molecule has 0 unspecified atom stereocenters. The van der Waals surface area contributed by atoms with Crippen molar-refractivity contribution in [2.45, 2.75) is 6.18 Å². The second-order valence-electron chi connectivity index (χ2n) is 4.69. The summed E-state index contributed by atoms with van der Waals surface area (Å²) in [5.41, 5.74) is -1.33. The summed E-state index contributed by atoms with van der Waals surface area (Å²) in [7, 11) is -1.38. The zero-order chi connectivity index (χ0) is 15.6. The van der Waals surface area contributed by atoms with Crippen molar-refractivity contribution in [3.8, 4) is 0 Å². The highest BCUT2D eigenvalue weighted by Gasteiger charge is 2.33. The topological polar surface area (TPSA) is 21.6 Å². The van der Waals surface area contributed by atoms with Gasteiger partial charge in [0, 0.05) is 11.8 Å². The lowest BCUT2D eigenvalue weighted by molar-refractivity contribution is -0.137. The van der Waals surface area contributed by atoms with Crippen molar-refractivity contribution in [2.24, 2.45) is 4.99 Å². The average molecular weight is 309 g/mol. The fourth-order valence-corrected chi connectivity index (χ4v) is 1.97. The molecule has 1 rings (SSSR count). The maximum atomic E-state index is 13.1. The van der Waals surface area contributed by atoms with E-state index in [4.69, 9.17) is 4.18 Å². The van der Waals surface area contributed by atoms with E-state index in [2.05, 4.69) is 11.6 Å². The van der Waals surface area contributed by atoms with Crippen molar-refractivity contribution in [3.05, 3.63) is 47.6 Å². The van der Waals surface area contributed by atoms with E-state index >= 15 is 0 Å². The zero-order valence-electron chi connectivity index (χ0n) is 11.3. The minimum absolute atomic E-state index is 0.00937. The van der Waals surface area contributed by atoms with Crippen LogP contribution in [0.15, 0.2) is 35.7 Å². The van der Waals surface area contributed by atoms with Gasteiger partial charge in [0.05, 0.1) is 5.56 Å². The van der Waals surface area contributed by atoms with Gasteiger partial charge >= 0.3 is 6.18 Å². The Bertz CT molecular complexity index is 532. The van der Waals surface area contributed by atoms with Gasteiger partial charge in [-0.3, -0.25) is 0 Å². The smallest absolute Gasteiger partial charge is 0.417 e. The van der Waals surface area contributed by atoms with Crippen molar-refractivity contribution in [1.82, 2.24) is 0 Å². The molecule has 0 aliphatic heterocycles. The first-order valence-corrected chi connectivity index (χ1v) is 8.25. The molecule has 0 aliphatic carbocycles. The van der Waals surface area contributed by atoms with E-state index in [1.54, 1.807) is 0 Å². The van der Waals surface area contributed by atoms with E-state index in [9.17, 15) is 17.6 Å². The molecule has 0 spiro atoms. The summed E-state index contributed by atoms with van der Waals surface area (Å²) in [6.07, 6.45) is 1.82. The van der Waals surface area contributed by atoms with Gasteiger partial charge in [0.25, 0.3) is 0 Å². The van der Waals surface area contributed by atoms with E-state index in [0.717, 1.165) is 18.3 Å². The summed E-state index contributed by atoms with van der Waals surface area (Å²) in [6.45, 7) is 3.50. The highest BCUT2D eigenvalue weighted by atomic mass is 32.3. The Kier molecular flexibility index (Phi) is 4.86. The molecule has 0 aliphatic rings. The van der Waals surface area contributed by atoms with Crippen LogP contribution in [0.3, 0.4) is 0 Å². The van der Waals surface area contributed by atoms with Gasteiger partial charge in [0.2, 0.25) is 5.88 Å². The molecule has 0 fully saturated rings. The second-order valence-corrected chi connectivity index (χ2v) is 8.31. The molecule has 2 nitrogen and oxygen atoms in total. The summed E-state index contributed by atoms with van der Waals surface area (Å²) < 4.78 is 56.6. The molecule has 7 heteroatoms. The Balaban J connectivity index is 3.03. The number of benzene rings is 1. The Hall–Kier alpha value is -1.50. The summed E-state index contributed by atoms with van der Waals surface area (Å²) >= 11 is 0. The quantitative estimate of drug-likeness (QED) is 0.460. The predicted octanol–water partition coefficient (Wildman–Crippen LogP) is 4.36. The van der Waals surface area contributed by atoms with Crippen molar-refractivity contribution < 1.29 is 21.7 Å². The molecule has 0 atom stereocenters. The molecule has 0 heterocycles. The predicted molar refractivity (Wildman–Crippen MR) is 74.6 cm³/mol. The lowest BCUT2D eigenvalue weighted by Crippen LogP contribution is -2.09. The number of aliphatic imine (C=N–C) groups is 1. The third-order valence-corrected chi connectivity index (χ3v) is 2.71. The monoisotopic (exact) mass is 309 g/mol. The van der Waals surface area contributed by atoms with Crippen LogP contribution in [0.5, 0.6) is 0 Å². The van der Waals surface area contributed by atoms with E-state index in [0.29, 0.717) is 6.07 Å². The first kappa shape index (κ1) is 16.6. The molecule has 0 N–H and O–H groups in total. The normalized spacial score (nSPS) is 13.6. The third-order valence-electron chi connectivity index (χ3n) is 2.01. The maximum absolute atomic E-state index is 13.1. The van der Waals surface area contributed by atoms with Crippen LogP contribution in [-0.2, 0) is 10.4 Å². The number of nitrogens with zero attached hydrogens (tertiary/aromatic N) is 1. The lowest BCUT2D eigenvalue weighted by atomic mass is 10.1. The third kappa shape index (κ3) is 5.24. The van der Waals surface area contributed by atoms with Gasteiger partial charge in [0.1, 0.15) is 5.82 Å². The van der Waals surface area contributed by atoms with Crippen molar-refractivity contribution in [2.75, 3.05) is 18.8 Å². The molecular weight excluding hydrogens is 294 g/mol. The van der Waals surface area contributed by atoms with Crippen LogP contribution in [0.1, 0.15) is 11.1 Å². The van der Waals surface area contributed by atoms with Crippen molar-refractivity contribution in [1.29, 1.82) is 0 Å². The van der Waals surface area contributed by atoms with Gasteiger partial charge in [-0.25, -0.2) is 9.38 Å². The number of hydrogen-bond acceptors (Lipinski definition) is 2. The van der Waals surface area contributed by atoms with E-state index < -0.39 is 27.9 Å². The zero-order valence-corrected chi connectivity index (χ0v) is 12.1. The van der Waals surface area contributed by atoms with Crippen molar-refractivity contribution in [3.63, 3.8) is 0 Å². The summed E-state index contributed by atoms with van der Waals surface area (Å²) in [5.74, 6) is -0.780. The highest BCUT2D eigenvalue weighted by molar-refractivity contribution is 8.28. The van der Waals surface area contributed by atoms with Crippen LogP contribution in [0.2, 0.25) is 0 Å². The van der Waals surface area contributed by atoms with Gasteiger partial charge in [-0.15, -0.1) is 0 Å². The number of hydrogen-bond donors (Lipinski definition) is 0. The molecular formula is C13H15F4NOS. The molecule has 0 saturated heterocycles. The number of halogens is 4. The number of rotatable bonds is 4. The average Bonchev–Trinajstić information content (AvgIpc) is 2.22. The Morgan fingerprint density at radius 3 is 2.40 bits per heavy atom. The van der Waals surface area contributed by atoms with Crippen LogP contribution >= 0.6 is 10.3 Å². The van der Waals surface area contributed by atoms with Crippen LogP contribution in [0.4, 0.5) is 17.6 Å². The second kappa shape index (κ2) is 5.87. The van der Waals surface area contributed by atoms with Crippen LogP contribution < -0.4 is 0 Å². The molecule has 1 aromatic carbocycles. The largest absolute Gasteiger partial charge is 0.430 e. The van der Waals surface area contributed by atoms with E-state index in [1.165, 1.54) is 0 Å². The summed E-state index contributed by atoms with van der Waals surface area (Å²) in [6, 6.07) is 2.20. The van der Waals surface area contributed by atoms with Crippen molar-refractivity contribution >= 4 is 16.5 Å². The number of alkyl halides is 3. The van der Waals surface area contributed by atoms with Crippen LogP contribution in [0, 0.1) is 5.82 Å². The van der Waals surface area contributed by atoms with Gasteiger partial charge in [-0.1, -0.05) is 10.3 Å². The molecule has 1 aromatic rings.